The van der Waals surface area contributed by atoms with Gasteiger partial charge in [0.15, 0.2) is 0 Å². The first-order chi connectivity index (χ1) is 12.3. The van der Waals surface area contributed by atoms with Crippen molar-refractivity contribution < 1.29 is 19.3 Å². The van der Waals surface area contributed by atoms with Gasteiger partial charge < -0.3 is 19.3 Å². The summed E-state index contributed by atoms with van der Waals surface area (Å²) in [6, 6.07) is 16.2. The first-order valence-electron chi connectivity index (χ1n) is 8.85. The predicted molar refractivity (Wildman–Crippen MR) is 99.5 cm³/mol. The molecule has 0 amide bonds. The molecule has 0 fully saturated rings. The number of aliphatic hydroxyl groups excluding tert-OH is 1. The summed E-state index contributed by atoms with van der Waals surface area (Å²) >= 11 is 0. The molecule has 2 aromatic carbocycles. The van der Waals surface area contributed by atoms with Gasteiger partial charge in [0, 0.05) is 20.1 Å². The Kier molecular flexibility index (Phi) is 8.87. The summed E-state index contributed by atoms with van der Waals surface area (Å²) in [7, 11) is 1.67. The number of methoxy groups -OCH3 is 1. The third kappa shape index (κ3) is 7.16. The van der Waals surface area contributed by atoms with Crippen LogP contribution in [0.5, 0.6) is 11.5 Å². The highest BCUT2D eigenvalue weighted by atomic mass is 16.5. The molecule has 1 N–H and O–H groups in total. The fraction of sp³-hybridized carbons (Fsp3) is 0.429. The first-order valence-corrected chi connectivity index (χ1v) is 8.85. The van der Waals surface area contributed by atoms with Gasteiger partial charge in [0.1, 0.15) is 18.1 Å². The van der Waals surface area contributed by atoms with Crippen LogP contribution >= 0.6 is 0 Å². The minimum Gasteiger partial charge on any atom is -0.493 e. The molecule has 25 heavy (non-hydrogen) atoms. The van der Waals surface area contributed by atoms with Gasteiger partial charge in [-0.1, -0.05) is 30.3 Å². The van der Waals surface area contributed by atoms with E-state index in [4.69, 9.17) is 19.3 Å². The van der Waals surface area contributed by atoms with Crippen molar-refractivity contribution in [3.8, 4) is 11.5 Å². The van der Waals surface area contributed by atoms with Gasteiger partial charge in [-0.2, -0.15) is 0 Å². The molecule has 0 atom stereocenters. The standard InChI is InChI=1S/C21H28O4/c1-23-15-16-25-21-17-18(7-5-6-13-22)10-11-19(21)12-14-24-20-8-3-2-4-9-20/h2-4,8-11,17,22H,5-7,12-16H2,1H3. The third-order valence-electron chi connectivity index (χ3n) is 3.93. The van der Waals surface area contributed by atoms with Gasteiger partial charge in [0.2, 0.25) is 0 Å². The zero-order valence-electron chi connectivity index (χ0n) is 14.9. The van der Waals surface area contributed by atoms with Crippen molar-refractivity contribution in [1.82, 2.24) is 0 Å². The molecule has 0 saturated heterocycles. The number of para-hydroxylation sites is 1. The number of ether oxygens (including phenoxy) is 3. The smallest absolute Gasteiger partial charge is 0.123 e. The molecular weight excluding hydrogens is 316 g/mol. The van der Waals surface area contributed by atoms with Crippen molar-refractivity contribution in [3.63, 3.8) is 0 Å². The molecule has 0 aliphatic carbocycles. The van der Waals surface area contributed by atoms with E-state index in [2.05, 4.69) is 18.2 Å². The van der Waals surface area contributed by atoms with Crippen molar-refractivity contribution >= 4 is 0 Å². The molecule has 2 aromatic rings. The number of benzene rings is 2. The Morgan fingerprint density at radius 2 is 1.68 bits per heavy atom. The van der Waals surface area contributed by atoms with Crippen molar-refractivity contribution in [2.24, 2.45) is 0 Å². The van der Waals surface area contributed by atoms with E-state index in [1.807, 2.05) is 30.3 Å². The molecule has 0 aromatic heterocycles. The second-order valence-corrected chi connectivity index (χ2v) is 5.88. The van der Waals surface area contributed by atoms with Crippen LogP contribution in [0.25, 0.3) is 0 Å². The summed E-state index contributed by atoms with van der Waals surface area (Å²) < 4.78 is 16.8. The van der Waals surface area contributed by atoms with E-state index in [1.165, 1.54) is 5.56 Å². The van der Waals surface area contributed by atoms with Crippen molar-refractivity contribution in [2.75, 3.05) is 33.5 Å². The Bertz CT molecular complexity index is 598. The van der Waals surface area contributed by atoms with Gasteiger partial charge in [0.05, 0.1) is 13.2 Å². The molecule has 4 heteroatoms. The summed E-state index contributed by atoms with van der Waals surface area (Å²) in [5.41, 5.74) is 2.37. The quantitative estimate of drug-likeness (QED) is 0.597. The van der Waals surface area contributed by atoms with Gasteiger partial charge in [-0.25, -0.2) is 0 Å². The van der Waals surface area contributed by atoms with Crippen LogP contribution in [-0.4, -0.2) is 38.6 Å². The Labute approximate surface area is 150 Å². The highest BCUT2D eigenvalue weighted by Crippen LogP contribution is 2.23. The van der Waals surface area contributed by atoms with Crippen molar-refractivity contribution in [2.45, 2.75) is 25.7 Å². The van der Waals surface area contributed by atoms with Crippen LogP contribution < -0.4 is 9.47 Å². The number of rotatable bonds is 12. The van der Waals surface area contributed by atoms with E-state index in [0.29, 0.717) is 19.8 Å². The largest absolute Gasteiger partial charge is 0.493 e. The number of hydrogen-bond acceptors (Lipinski definition) is 4. The fourth-order valence-corrected chi connectivity index (χ4v) is 2.57. The molecule has 2 rings (SSSR count). The summed E-state index contributed by atoms with van der Waals surface area (Å²) in [6.45, 7) is 1.94. The summed E-state index contributed by atoms with van der Waals surface area (Å²) in [5.74, 6) is 1.78. The first kappa shape index (κ1) is 19.3. The second kappa shape index (κ2) is 11.5. The van der Waals surface area contributed by atoms with Crippen LogP contribution in [0, 0.1) is 0 Å². The average Bonchev–Trinajstić information content (AvgIpc) is 2.64. The van der Waals surface area contributed by atoms with E-state index < -0.39 is 0 Å². The lowest BCUT2D eigenvalue weighted by Crippen LogP contribution is -2.08. The molecule has 0 aliphatic heterocycles. The SMILES string of the molecule is COCCOc1cc(CCCCO)ccc1CCOc1ccccc1. The molecule has 0 radical (unpaired) electrons. The molecular formula is C21H28O4. The number of aliphatic hydroxyl groups is 1. The Hall–Kier alpha value is -2.04. The van der Waals surface area contributed by atoms with Crippen LogP contribution in [0.3, 0.4) is 0 Å². The van der Waals surface area contributed by atoms with Gasteiger partial charge in [-0.05, 0) is 48.6 Å². The van der Waals surface area contributed by atoms with Crippen LogP contribution in [0.4, 0.5) is 0 Å². The normalized spacial score (nSPS) is 10.6. The van der Waals surface area contributed by atoms with Gasteiger partial charge in [0.25, 0.3) is 0 Å². The van der Waals surface area contributed by atoms with Gasteiger partial charge in [-0.15, -0.1) is 0 Å². The van der Waals surface area contributed by atoms with E-state index in [-0.39, 0.29) is 6.61 Å². The predicted octanol–water partition coefficient (Wildman–Crippen LogP) is 3.65. The maximum atomic E-state index is 8.92. The molecule has 0 saturated carbocycles. The fourth-order valence-electron chi connectivity index (χ4n) is 2.57. The number of aryl methyl sites for hydroxylation is 1. The van der Waals surface area contributed by atoms with Gasteiger partial charge in [-0.3, -0.25) is 0 Å². The zero-order valence-corrected chi connectivity index (χ0v) is 14.9. The minimum atomic E-state index is 0.242. The summed E-state index contributed by atoms with van der Waals surface area (Å²) in [5, 5.41) is 8.92. The lowest BCUT2D eigenvalue weighted by Gasteiger charge is -2.14. The monoisotopic (exact) mass is 344 g/mol. The topological polar surface area (TPSA) is 47.9 Å². The molecule has 136 valence electrons. The lowest BCUT2D eigenvalue weighted by atomic mass is 10.0. The second-order valence-electron chi connectivity index (χ2n) is 5.88. The summed E-state index contributed by atoms with van der Waals surface area (Å²) in [6.07, 6.45) is 3.53. The molecule has 0 aliphatic rings. The molecule has 0 heterocycles. The zero-order chi connectivity index (χ0) is 17.7. The Morgan fingerprint density at radius 1 is 0.840 bits per heavy atom. The molecule has 0 unspecified atom stereocenters. The summed E-state index contributed by atoms with van der Waals surface area (Å²) in [4.78, 5) is 0. The highest BCUT2D eigenvalue weighted by Gasteiger charge is 2.07. The lowest BCUT2D eigenvalue weighted by molar-refractivity contribution is 0.145. The third-order valence-corrected chi connectivity index (χ3v) is 3.93. The van der Waals surface area contributed by atoms with E-state index in [1.54, 1.807) is 7.11 Å². The van der Waals surface area contributed by atoms with E-state index in [9.17, 15) is 0 Å². The molecule has 0 bridgehead atoms. The van der Waals surface area contributed by atoms with Crippen LogP contribution in [0.1, 0.15) is 24.0 Å². The average molecular weight is 344 g/mol. The Balaban J connectivity index is 1.95. The number of unbranched alkanes of at least 4 members (excludes halogenated alkanes) is 1. The van der Waals surface area contributed by atoms with Crippen molar-refractivity contribution in [1.29, 1.82) is 0 Å². The van der Waals surface area contributed by atoms with E-state index in [0.717, 1.165) is 42.7 Å². The van der Waals surface area contributed by atoms with Crippen LogP contribution in [0.2, 0.25) is 0 Å². The van der Waals surface area contributed by atoms with Crippen molar-refractivity contribution in [3.05, 3.63) is 59.7 Å². The van der Waals surface area contributed by atoms with Crippen LogP contribution in [-0.2, 0) is 17.6 Å². The minimum absolute atomic E-state index is 0.242. The highest BCUT2D eigenvalue weighted by molar-refractivity contribution is 5.38. The maximum absolute atomic E-state index is 8.92. The maximum Gasteiger partial charge on any atom is 0.123 e. The number of hydrogen-bond donors (Lipinski definition) is 1. The Morgan fingerprint density at radius 3 is 2.44 bits per heavy atom. The van der Waals surface area contributed by atoms with Gasteiger partial charge >= 0.3 is 0 Å². The molecule has 4 nitrogen and oxygen atoms in total. The molecule has 0 spiro atoms. The van der Waals surface area contributed by atoms with E-state index >= 15 is 0 Å². The van der Waals surface area contributed by atoms with Crippen LogP contribution in [0.15, 0.2) is 48.5 Å².